The molecule has 6 rings (SSSR count). The molecule has 3 heterocycles. The summed E-state index contributed by atoms with van der Waals surface area (Å²) >= 11 is 0. The molecular weight excluding hydrogens is 472 g/mol. The van der Waals surface area contributed by atoms with Gasteiger partial charge in [0.2, 0.25) is 5.82 Å². The Labute approximate surface area is 223 Å². The molecule has 0 spiro atoms. The Morgan fingerprint density at radius 2 is 1.34 bits per heavy atom. The van der Waals surface area contributed by atoms with E-state index in [1.165, 1.54) is 54.0 Å². The number of likely N-dealkylation sites (tertiary alicyclic amines) is 2. The molecule has 7 nitrogen and oxygen atoms in total. The van der Waals surface area contributed by atoms with E-state index in [4.69, 9.17) is 5.73 Å². The molecule has 1 aromatic heterocycles. The summed E-state index contributed by atoms with van der Waals surface area (Å²) in [5, 5.41) is 4.20. The lowest BCUT2D eigenvalue weighted by Gasteiger charge is -2.19. The van der Waals surface area contributed by atoms with E-state index in [9.17, 15) is 4.79 Å². The monoisotopic (exact) mass is 506 g/mol. The standard InChI is InChI=1S/C31H34N6O/c1-21-33-31(30(32)38)34-37(21)29-13-7-23(8-14-29)15-22-3-9-25(10-4-22)26-11-5-24(6-12-26)16-36-19-27-17-35(2)18-28(27)20-36/h3-14,27-28H,15-20H2,1-2H3,(H2,32,38)/t27-,28+. The number of aryl methyl sites for hydroxylation is 1. The number of benzene rings is 3. The third-order valence-electron chi connectivity index (χ3n) is 7.97. The molecule has 4 aromatic rings. The number of primary amides is 1. The van der Waals surface area contributed by atoms with Crippen LogP contribution in [-0.4, -0.2) is 63.7 Å². The fourth-order valence-corrected chi connectivity index (χ4v) is 6.06. The second-order valence-corrected chi connectivity index (χ2v) is 10.9. The van der Waals surface area contributed by atoms with Gasteiger partial charge in [-0.3, -0.25) is 9.69 Å². The predicted octanol–water partition coefficient (Wildman–Crippen LogP) is 3.93. The van der Waals surface area contributed by atoms with E-state index in [-0.39, 0.29) is 5.82 Å². The van der Waals surface area contributed by atoms with E-state index in [2.05, 4.69) is 87.6 Å². The second kappa shape index (κ2) is 10.2. The fraction of sp³-hybridized carbons (Fsp3) is 0.323. The minimum Gasteiger partial charge on any atom is -0.363 e. The van der Waals surface area contributed by atoms with Crippen molar-refractivity contribution in [1.29, 1.82) is 0 Å². The Morgan fingerprint density at radius 1 is 0.816 bits per heavy atom. The second-order valence-electron chi connectivity index (χ2n) is 10.9. The van der Waals surface area contributed by atoms with Crippen molar-refractivity contribution in [2.75, 3.05) is 33.2 Å². The fourth-order valence-electron chi connectivity index (χ4n) is 6.06. The molecule has 2 fully saturated rings. The first-order chi connectivity index (χ1) is 18.4. The van der Waals surface area contributed by atoms with Gasteiger partial charge in [-0.25, -0.2) is 9.67 Å². The zero-order valence-electron chi connectivity index (χ0n) is 22.0. The molecule has 0 radical (unpaired) electrons. The normalized spacial score (nSPS) is 19.6. The Morgan fingerprint density at radius 3 is 1.87 bits per heavy atom. The van der Waals surface area contributed by atoms with Gasteiger partial charge in [0.15, 0.2) is 0 Å². The van der Waals surface area contributed by atoms with Crippen molar-refractivity contribution in [3.63, 3.8) is 0 Å². The SMILES string of the molecule is Cc1nc(C(N)=O)nn1-c1ccc(Cc2ccc(-c3ccc(CN4C[C@H]5CN(C)C[C@H]5C4)cc3)cc2)cc1. The summed E-state index contributed by atoms with van der Waals surface area (Å²) in [6.45, 7) is 7.83. The zero-order valence-corrected chi connectivity index (χ0v) is 22.0. The van der Waals surface area contributed by atoms with E-state index in [1.54, 1.807) is 11.6 Å². The molecule has 0 saturated carbocycles. The summed E-state index contributed by atoms with van der Waals surface area (Å²) in [7, 11) is 2.25. The van der Waals surface area contributed by atoms with Crippen LogP contribution in [0.5, 0.6) is 0 Å². The van der Waals surface area contributed by atoms with Crippen molar-refractivity contribution >= 4 is 5.91 Å². The third-order valence-corrected chi connectivity index (χ3v) is 7.97. The molecule has 2 atom stereocenters. The molecule has 2 aliphatic rings. The topological polar surface area (TPSA) is 80.3 Å². The van der Waals surface area contributed by atoms with Crippen LogP contribution in [0.25, 0.3) is 16.8 Å². The minimum absolute atomic E-state index is 0.0307. The van der Waals surface area contributed by atoms with Gasteiger partial charge in [-0.1, -0.05) is 60.7 Å². The van der Waals surface area contributed by atoms with Crippen molar-refractivity contribution in [3.8, 4) is 16.8 Å². The number of fused-ring (bicyclic) bond motifs is 1. The van der Waals surface area contributed by atoms with Gasteiger partial charge in [0, 0.05) is 32.7 Å². The van der Waals surface area contributed by atoms with Crippen LogP contribution < -0.4 is 5.73 Å². The summed E-state index contributed by atoms with van der Waals surface area (Å²) < 4.78 is 1.64. The maximum Gasteiger partial charge on any atom is 0.288 e. The first kappa shape index (κ1) is 24.5. The highest BCUT2D eigenvalue weighted by atomic mass is 16.1. The van der Waals surface area contributed by atoms with Crippen LogP contribution in [0.3, 0.4) is 0 Å². The maximum absolute atomic E-state index is 11.4. The van der Waals surface area contributed by atoms with Crippen LogP contribution in [0.4, 0.5) is 0 Å². The first-order valence-corrected chi connectivity index (χ1v) is 13.3. The number of hydrogen-bond donors (Lipinski definition) is 1. The van der Waals surface area contributed by atoms with Gasteiger partial charge in [0.1, 0.15) is 5.82 Å². The number of hydrogen-bond acceptors (Lipinski definition) is 5. The number of rotatable bonds is 7. The van der Waals surface area contributed by atoms with Crippen LogP contribution in [0.15, 0.2) is 72.8 Å². The molecule has 38 heavy (non-hydrogen) atoms. The van der Waals surface area contributed by atoms with Crippen molar-refractivity contribution < 1.29 is 4.79 Å². The van der Waals surface area contributed by atoms with Crippen LogP contribution in [-0.2, 0) is 13.0 Å². The van der Waals surface area contributed by atoms with Crippen LogP contribution in [0, 0.1) is 18.8 Å². The highest BCUT2D eigenvalue weighted by Crippen LogP contribution is 2.31. The van der Waals surface area contributed by atoms with Crippen LogP contribution in [0.2, 0.25) is 0 Å². The van der Waals surface area contributed by atoms with Gasteiger partial charge in [-0.15, -0.1) is 5.10 Å². The average molecular weight is 507 g/mol. The molecule has 3 aromatic carbocycles. The molecule has 2 aliphatic heterocycles. The largest absolute Gasteiger partial charge is 0.363 e. The van der Waals surface area contributed by atoms with Crippen molar-refractivity contribution in [1.82, 2.24) is 24.6 Å². The van der Waals surface area contributed by atoms with Crippen LogP contribution in [0.1, 0.15) is 33.1 Å². The number of aromatic nitrogens is 3. The Bertz CT molecular complexity index is 1410. The van der Waals surface area contributed by atoms with Gasteiger partial charge in [-0.05, 0) is 72.2 Å². The summed E-state index contributed by atoms with van der Waals surface area (Å²) in [6, 6.07) is 26.1. The third kappa shape index (κ3) is 5.12. The van der Waals surface area contributed by atoms with Gasteiger partial charge >= 0.3 is 0 Å². The summed E-state index contributed by atoms with van der Waals surface area (Å²) in [5.41, 5.74) is 12.5. The van der Waals surface area contributed by atoms with E-state index in [1.807, 2.05) is 12.1 Å². The van der Waals surface area contributed by atoms with Gasteiger partial charge in [0.25, 0.3) is 5.91 Å². The molecule has 0 bridgehead atoms. The predicted molar refractivity (Wildman–Crippen MR) is 149 cm³/mol. The average Bonchev–Trinajstić information content (AvgIpc) is 3.58. The zero-order chi connectivity index (χ0) is 26.2. The van der Waals surface area contributed by atoms with Gasteiger partial charge < -0.3 is 10.6 Å². The van der Waals surface area contributed by atoms with Crippen molar-refractivity contribution in [2.45, 2.75) is 19.9 Å². The number of carbonyl (C=O) groups is 1. The molecule has 2 saturated heterocycles. The Hall–Kier alpha value is -3.81. The van der Waals surface area contributed by atoms with E-state index < -0.39 is 5.91 Å². The minimum atomic E-state index is -0.625. The lowest BCUT2D eigenvalue weighted by atomic mass is 9.99. The molecule has 0 aliphatic carbocycles. The molecule has 7 heteroatoms. The molecule has 2 N–H and O–H groups in total. The molecular formula is C31H34N6O. The smallest absolute Gasteiger partial charge is 0.288 e. The Kier molecular flexibility index (Phi) is 6.55. The first-order valence-electron chi connectivity index (χ1n) is 13.3. The van der Waals surface area contributed by atoms with Gasteiger partial charge in [0.05, 0.1) is 5.69 Å². The number of amides is 1. The molecule has 194 valence electrons. The van der Waals surface area contributed by atoms with E-state index in [0.717, 1.165) is 30.5 Å². The highest BCUT2D eigenvalue weighted by Gasteiger charge is 2.38. The molecule has 1 amide bonds. The number of nitrogens with zero attached hydrogens (tertiary/aromatic N) is 5. The lowest BCUT2D eigenvalue weighted by Crippen LogP contribution is -2.26. The van der Waals surface area contributed by atoms with Crippen molar-refractivity contribution in [2.24, 2.45) is 17.6 Å². The Balaban J connectivity index is 1.06. The molecule has 0 unspecified atom stereocenters. The highest BCUT2D eigenvalue weighted by molar-refractivity contribution is 5.88. The van der Waals surface area contributed by atoms with Crippen LogP contribution >= 0.6 is 0 Å². The van der Waals surface area contributed by atoms with Gasteiger partial charge in [-0.2, -0.15) is 0 Å². The maximum atomic E-state index is 11.4. The number of nitrogens with two attached hydrogens (primary N) is 1. The van der Waals surface area contributed by atoms with Crippen molar-refractivity contribution in [3.05, 3.63) is 101 Å². The lowest BCUT2D eigenvalue weighted by molar-refractivity contribution is 0.0990. The summed E-state index contributed by atoms with van der Waals surface area (Å²) in [5.74, 6) is 1.74. The summed E-state index contributed by atoms with van der Waals surface area (Å²) in [4.78, 5) is 20.6. The quantitative estimate of drug-likeness (QED) is 0.411. The summed E-state index contributed by atoms with van der Waals surface area (Å²) in [6.07, 6.45) is 0.843. The van der Waals surface area contributed by atoms with E-state index in [0.29, 0.717) is 5.82 Å². The van der Waals surface area contributed by atoms with E-state index >= 15 is 0 Å². The number of carbonyl (C=O) groups excluding carboxylic acids is 1.